The number of fused-ring (bicyclic) bond motifs is 1. The number of nitrogens with zero attached hydrogens (tertiary/aromatic N) is 2. The molecular formula is C22H21N3O2S2. The van der Waals surface area contributed by atoms with Crippen LogP contribution in [-0.2, 0) is 11.2 Å². The predicted octanol–water partition coefficient (Wildman–Crippen LogP) is 4.08. The van der Waals surface area contributed by atoms with Crippen molar-refractivity contribution in [2.24, 2.45) is 0 Å². The quantitative estimate of drug-likeness (QED) is 0.456. The monoisotopic (exact) mass is 423 g/mol. The molecule has 1 atom stereocenters. The molecule has 1 unspecified atom stereocenters. The maximum Gasteiger partial charge on any atom is 0.230 e. The molecule has 1 amide bonds. The smallest absolute Gasteiger partial charge is 0.230 e. The third-order valence-electron chi connectivity index (χ3n) is 4.63. The Kier molecular flexibility index (Phi) is 6.36. The average molecular weight is 424 g/mol. The first-order chi connectivity index (χ1) is 14.2. The van der Waals surface area contributed by atoms with Crippen LogP contribution in [0.25, 0.3) is 11.1 Å². The topological polar surface area (TPSA) is 64.1 Å². The van der Waals surface area contributed by atoms with Crippen LogP contribution in [0.2, 0.25) is 0 Å². The molecule has 0 aliphatic carbocycles. The van der Waals surface area contributed by atoms with Crippen LogP contribution >= 0.6 is 23.5 Å². The van der Waals surface area contributed by atoms with Crippen LogP contribution in [0.3, 0.4) is 0 Å². The van der Waals surface area contributed by atoms with Crippen molar-refractivity contribution >= 4 is 29.4 Å². The Morgan fingerprint density at radius 2 is 1.90 bits per heavy atom. The molecule has 0 saturated heterocycles. The fourth-order valence-electron chi connectivity index (χ4n) is 3.17. The molecule has 0 fully saturated rings. The first kappa shape index (κ1) is 19.8. The van der Waals surface area contributed by atoms with Crippen molar-refractivity contribution in [1.82, 2.24) is 15.3 Å². The third kappa shape index (κ3) is 5.10. The number of rotatable bonds is 7. The summed E-state index contributed by atoms with van der Waals surface area (Å²) in [5.74, 6) is 1.15. The molecule has 7 heteroatoms. The SMILES string of the molecule is CSc1ccc(-c2ccc3c(c2)CC(CNC(=O)CSc2ncccn2)O3)cc1. The molecule has 1 aliphatic heterocycles. The van der Waals surface area contributed by atoms with Gasteiger partial charge in [0.25, 0.3) is 0 Å². The van der Waals surface area contributed by atoms with E-state index in [0.29, 0.717) is 17.5 Å². The van der Waals surface area contributed by atoms with Gasteiger partial charge in [-0.3, -0.25) is 4.79 Å². The highest BCUT2D eigenvalue weighted by atomic mass is 32.2. The van der Waals surface area contributed by atoms with Gasteiger partial charge in [0, 0.05) is 23.7 Å². The van der Waals surface area contributed by atoms with E-state index >= 15 is 0 Å². The van der Waals surface area contributed by atoms with Crippen molar-refractivity contribution in [3.05, 3.63) is 66.5 Å². The molecular weight excluding hydrogens is 402 g/mol. The van der Waals surface area contributed by atoms with Gasteiger partial charge in [0.1, 0.15) is 11.9 Å². The first-order valence-electron chi connectivity index (χ1n) is 9.32. The normalized spacial score (nSPS) is 14.9. The lowest BCUT2D eigenvalue weighted by Gasteiger charge is -2.11. The molecule has 1 N–H and O–H groups in total. The van der Waals surface area contributed by atoms with E-state index in [1.165, 1.54) is 33.3 Å². The summed E-state index contributed by atoms with van der Waals surface area (Å²) < 4.78 is 6.00. The van der Waals surface area contributed by atoms with E-state index in [1.807, 2.05) is 6.07 Å². The maximum absolute atomic E-state index is 12.1. The number of carbonyl (C=O) groups is 1. The fourth-order valence-corrected chi connectivity index (χ4v) is 4.21. The van der Waals surface area contributed by atoms with E-state index in [9.17, 15) is 4.79 Å². The van der Waals surface area contributed by atoms with E-state index in [0.717, 1.165) is 12.2 Å². The molecule has 29 heavy (non-hydrogen) atoms. The first-order valence-corrected chi connectivity index (χ1v) is 11.5. The van der Waals surface area contributed by atoms with Crippen molar-refractivity contribution in [3.63, 3.8) is 0 Å². The Bertz CT molecular complexity index is 981. The van der Waals surface area contributed by atoms with Gasteiger partial charge in [0.15, 0.2) is 5.16 Å². The Morgan fingerprint density at radius 1 is 1.14 bits per heavy atom. The summed E-state index contributed by atoms with van der Waals surface area (Å²) in [6.07, 6.45) is 6.17. The molecule has 1 aliphatic rings. The third-order valence-corrected chi connectivity index (χ3v) is 6.25. The van der Waals surface area contributed by atoms with E-state index < -0.39 is 0 Å². The van der Waals surface area contributed by atoms with Gasteiger partial charge in [0.2, 0.25) is 5.91 Å². The van der Waals surface area contributed by atoms with Gasteiger partial charge >= 0.3 is 0 Å². The van der Waals surface area contributed by atoms with E-state index in [4.69, 9.17) is 4.74 Å². The average Bonchev–Trinajstić information content (AvgIpc) is 3.19. The van der Waals surface area contributed by atoms with Crippen LogP contribution in [0, 0.1) is 0 Å². The lowest BCUT2D eigenvalue weighted by Crippen LogP contribution is -2.35. The molecule has 148 valence electrons. The van der Waals surface area contributed by atoms with Crippen LogP contribution in [0.15, 0.2) is 71.0 Å². The number of benzene rings is 2. The second-order valence-electron chi connectivity index (χ2n) is 6.62. The zero-order valence-electron chi connectivity index (χ0n) is 16.0. The van der Waals surface area contributed by atoms with Gasteiger partial charge in [-0.25, -0.2) is 9.97 Å². The second kappa shape index (κ2) is 9.33. The second-order valence-corrected chi connectivity index (χ2v) is 8.44. The van der Waals surface area contributed by atoms with Crippen molar-refractivity contribution in [2.75, 3.05) is 18.6 Å². The summed E-state index contributed by atoms with van der Waals surface area (Å²) in [6.45, 7) is 0.488. The maximum atomic E-state index is 12.1. The van der Waals surface area contributed by atoms with E-state index in [1.54, 1.807) is 30.2 Å². The summed E-state index contributed by atoms with van der Waals surface area (Å²) in [7, 11) is 0. The number of hydrogen-bond acceptors (Lipinski definition) is 6. The molecule has 2 heterocycles. The fraction of sp³-hybridized carbons (Fsp3) is 0.227. The lowest BCUT2D eigenvalue weighted by atomic mass is 10.0. The Balaban J connectivity index is 1.30. The van der Waals surface area contributed by atoms with Crippen LogP contribution in [-0.4, -0.2) is 40.5 Å². The minimum Gasteiger partial charge on any atom is -0.488 e. The van der Waals surface area contributed by atoms with Crippen molar-refractivity contribution in [3.8, 4) is 16.9 Å². The summed E-state index contributed by atoms with van der Waals surface area (Å²) >= 11 is 3.06. The molecule has 1 aromatic heterocycles. The largest absolute Gasteiger partial charge is 0.488 e. The molecule has 3 aromatic rings. The Labute approximate surface area is 178 Å². The summed E-state index contributed by atoms with van der Waals surface area (Å²) in [5.41, 5.74) is 3.56. The van der Waals surface area contributed by atoms with E-state index in [2.05, 4.69) is 57.9 Å². The van der Waals surface area contributed by atoms with Crippen LogP contribution < -0.4 is 10.1 Å². The standard InChI is InChI=1S/C22H21N3O2S2/c1-28-19-6-3-15(4-7-19)16-5-8-20-17(11-16)12-18(27-20)13-25-21(26)14-29-22-23-9-2-10-24-22/h2-11,18H,12-14H2,1H3,(H,25,26). The van der Waals surface area contributed by atoms with Crippen molar-refractivity contribution in [1.29, 1.82) is 0 Å². The number of nitrogens with one attached hydrogen (secondary N) is 1. The number of hydrogen-bond donors (Lipinski definition) is 1. The van der Waals surface area contributed by atoms with Gasteiger partial charge < -0.3 is 10.1 Å². The molecule has 2 aromatic carbocycles. The number of ether oxygens (including phenoxy) is 1. The van der Waals surface area contributed by atoms with Gasteiger partial charge in [-0.1, -0.05) is 30.0 Å². The van der Waals surface area contributed by atoms with Gasteiger partial charge in [-0.05, 0) is 53.3 Å². The summed E-state index contributed by atoms with van der Waals surface area (Å²) in [6, 6.07) is 16.6. The number of aromatic nitrogens is 2. The van der Waals surface area contributed by atoms with Gasteiger partial charge in [0.05, 0.1) is 12.3 Å². The summed E-state index contributed by atoms with van der Waals surface area (Å²) in [5, 5.41) is 3.55. The van der Waals surface area contributed by atoms with Gasteiger partial charge in [-0.2, -0.15) is 0 Å². The van der Waals surface area contributed by atoms with Crippen LogP contribution in [0.5, 0.6) is 5.75 Å². The zero-order chi connectivity index (χ0) is 20.1. The Morgan fingerprint density at radius 3 is 2.66 bits per heavy atom. The highest BCUT2D eigenvalue weighted by Gasteiger charge is 2.23. The van der Waals surface area contributed by atoms with Gasteiger partial charge in [-0.15, -0.1) is 11.8 Å². The number of carbonyl (C=O) groups excluding carboxylic acids is 1. The molecule has 0 spiro atoms. The molecule has 0 saturated carbocycles. The van der Waals surface area contributed by atoms with E-state index in [-0.39, 0.29) is 12.0 Å². The van der Waals surface area contributed by atoms with Crippen molar-refractivity contribution < 1.29 is 9.53 Å². The predicted molar refractivity (Wildman–Crippen MR) is 118 cm³/mol. The summed E-state index contributed by atoms with van der Waals surface area (Å²) in [4.78, 5) is 21.6. The Hall–Kier alpha value is -2.51. The molecule has 5 nitrogen and oxygen atoms in total. The molecule has 4 rings (SSSR count). The van der Waals surface area contributed by atoms with Crippen LogP contribution in [0.1, 0.15) is 5.56 Å². The minimum atomic E-state index is -0.0448. The highest BCUT2D eigenvalue weighted by molar-refractivity contribution is 7.99. The van der Waals surface area contributed by atoms with Crippen LogP contribution in [0.4, 0.5) is 0 Å². The zero-order valence-corrected chi connectivity index (χ0v) is 17.6. The molecule has 0 bridgehead atoms. The van der Waals surface area contributed by atoms with Crippen molar-refractivity contribution in [2.45, 2.75) is 22.6 Å². The minimum absolute atomic E-state index is 0.0407. The highest BCUT2D eigenvalue weighted by Crippen LogP contribution is 2.33. The lowest BCUT2D eigenvalue weighted by molar-refractivity contribution is -0.118. The number of amides is 1. The molecule has 0 radical (unpaired) electrons. The number of thioether (sulfide) groups is 2.